The van der Waals surface area contributed by atoms with Crippen molar-refractivity contribution >= 4 is 23.6 Å². The van der Waals surface area contributed by atoms with Crippen LogP contribution >= 0.6 is 11.8 Å². The molecular weight excluding hydrogens is 591 g/mol. The van der Waals surface area contributed by atoms with E-state index in [4.69, 9.17) is 4.74 Å². The van der Waals surface area contributed by atoms with Crippen molar-refractivity contribution in [2.45, 2.75) is 37.1 Å². The number of rotatable bonds is 9. The van der Waals surface area contributed by atoms with Crippen molar-refractivity contribution in [3.8, 4) is 22.8 Å². The number of carbonyl (C=O) groups excluding carboxylic acids is 2. The fraction of sp³-hybridized carbons (Fsp3) is 0.312. The molecule has 12 heteroatoms. The molecule has 1 aliphatic rings. The van der Waals surface area contributed by atoms with Gasteiger partial charge in [-0.3, -0.25) is 14.2 Å². The Morgan fingerprint density at radius 2 is 1.75 bits per heavy atom. The number of hydrogen-bond donors (Lipinski definition) is 0. The maximum atomic E-state index is 13.1. The summed E-state index contributed by atoms with van der Waals surface area (Å²) in [5.41, 5.74) is 0.908. The predicted octanol–water partition coefficient (Wildman–Crippen LogP) is 6.21. The van der Waals surface area contributed by atoms with Crippen LogP contribution in [0.1, 0.15) is 35.7 Å². The molecule has 1 fully saturated rings. The van der Waals surface area contributed by atoms with E-state index in [1.165, 1.54) is 28.8 Å². The Labute approximate surface area is 257 Å². The second-order valence-corrected chi connectivity index (χ2v) is 11.5. The summed E-state index contributed by atoms with van der Waals surface area (Å²) < 4.78 is 46.8. The molecule has 1 unspecified atom stereocenters. The van der Waals surface area contributed by atoms with Crippen molar-refractivity contribution in [1.82, 2.24) is 24.6 Å². The zero-order chi connectivity index (χ0) is 31.3. The number of thioether (sulfide) groups is 1. The lowest BCUT2D eigenvalue weighted by Gasteiger charge is -2.40. The van der Waals surface area contributed by atoms with E-state index in [-0.39, 0.29) is 24.1 Å². The van der Waals surface area contributed by atoms with E-state index in [0.717, 1.165) is 23.4 Å². The SMILES string of the molecule is COc1cccc(-c2nnc(SCCCC(=O)N3CCN(C(=O)c4cccc(C(F)(F)F)c4)C(C)C3)n2-c2ccccc2)c1. The summed E-state index contributed by atoms with van der Waals surface area (Å²) in [6.07, 6.45) is -3.60. The average molecular weight is 624 g/mol. The van der Waals surface area contributed by atoms with Crippen LogP contribution in [-0.4, -0.2) is 74.9 Å². The van der Waals surface area contributed by atoms with Crippen LogP contribution in [0.15, 0.2) is 84.0 Å². The van der Waals surface area contributed by atoms with E-state index >= 15 is 0 Å². The standard InChI is InChI=1S/C32H32F3N5O3S/c1-22-21-38(16-17-39(22)30(42)24-10-6-11-25(19-24)32(33,34)35)28(41)15-8-18-44-31-37-36-29(23-9-7-14-27(20-23)43-2)40(31)26-12-4-3-5-13-26/h3-7,9-14,19-20,22H,8,15-18,21H2,1-2H3. The van der Waals surface area contributed by atoms with Crippen LogP contribution in [0.2, 0.25) is 0 Å². The molecular formula is C32H32F3N5O3S. The van der Waals surface area contributed by atoms with E-state index in [9.17, 15) is 22.8 Å². The topological polar surface area (TPSA) is 80.6 Å². The molecule has 4 aromatic rings. The second-order valence-electron chi connectivity index (χ2n) is 10.4. The van der Waals surface area contributed by atoms with Gasteiger partial charge in [-0.1, -0.05) is 48.2 Å². The molecule has 1 aromatic heterocycles. The van der Waals surface area contributed by atoms with Crippen LogP contribution in [0.3, 0.4) is 0 Å². The molecule has 8 nitrogen and oxygen atoms in total. The highest BCUT2D eigenvalue weighted by molar-refractivity contribution is 7.99. The highest BCUT2D eigenvalue weighted by Crippen LogP contribution is 2.31. The van der Waals surface area contributed by atoms with Crippen molar-refractivity contribution in [1.29, 1.82) is 0 Å². The lowest BCUT2D eigenvalue weighted by molar-refractivity contribution is -0.137. The highest BCUT2D eigenvalue weighted by Gasteiger charge is 2.33. The summed E-state index contributed by atoms with van der Waals surface area (Å²) >= 11 is 1.52. The van der Waals surface area contributed by atoms with Crippen LogP contribution < -0.4 is 4.74 Å². The van der Waals surface area contributed by atoms with Crippen LogP contribution in [0.5, 0.6) is 5.75 Å². The third-order valence-corrected chi connectivity index (χ3v) is 8.43. The molecule has 44 heavy (non-hydrogen) atoms. The Bertz CT molecular complexity index is 1610. The number of aromatic nitrogens is 3. The summed E-state index contributed by atoms with van der Waals surface area (Å²) in [6, 6.07) is 21.6. The second kappa shape index (κ2) is 13.5. The maximum Gasteiger partial charge on any atom is 0.416 e. The summed E-state index contributed by atoms with van der Waals surface area (Å²) in [5.74, 6) is 1.54. The van der Waals surface area contributed by atoms with Crippen LogP contribution in [0.25, 0.3) is 17.1 Å². The molecule has 0 bridgehead atoms. The third kappa shape index (κ3) is 7.07. The van der Waals surface area contributed by atoms with Gasteiger partial charge in [0.2, 0.25) is 5.91 Å². The van der Waals surface area contributed by atoms with Crippen LogP contribution in [0.4, 0.5) is 13.2 Å². The zero-order valence-corrected chi connectivity index (χ0v) is 25.1. The van der Waals surface area contributed by atoms with E-state index in [2.05, 4.69) is 10.2 Å². The molecule has 1 saturated heterocycles. The van der Waals surface area contributed by atoms with Crippen LogP contribution in [0, 0.1) is 0 Å². The van der Waals surface area contributed by atoms with Gasteiger partial charge in [-0.15, -0.1) is 10.2 Å². The first kappa shape index (κ1) is 31.1. The summed E-state index contributed by atoms with van der Waals surface area (Å²) in [6.45, 7) is 2.71. The number of ether oxygens (including phenoxy) is 1. The van der Waals surface area contributed by atoms with E-state index in [1.54, 1.807) is 18.9 Å². The van der Waals surface area contributed by atoms with Gasteiger partial charge in [-0.2, -0.15) is 13.2 Å². The number of halogens is 3. The highest BCUT2D eigenvalue weighted by atomic mass is 32.2. The largest absolute Gasteiger partial charge is 0.497 e. The summed E-state index contributed by atoms with van der Waals surface area (Å²) in [5, 5.41) is 9.62. The first-order valence-electron chi connectivity index (χ1n) is 14.2. The van der Waals surface area contributed by atoms with Crippen molar-refractivity contribution in [2.75, 3.05) is 32.5 Å². The molecule has 3 aromatic carbocycles. The predicted molar refractivity (Wildman–Crippen MR) is 162 cm³/mol. The Kier molecular flexibility index (Phi) is 9.58. The zero-order valence-electron chi connectivity index (χ0n) is 24.3. The average Bonchev–Trinajstić information content (AvgIpc) is 3.46. The number of carbonyl (C=O) groups is 2. The van der Waals surface area contributed by atoms with Crippen molar-refractivity contribution in [3.63, 3.8) is 0 Å². The molecule has 0 spiro atoms. The molecule has 1 atom stereocenters. The monoisotopic (exact) mass is 623 g/mol. The van der Waals surface area contributed by atoms with E-state index in [1.807, 2.05) is 59.2 Å². The number of piperazine rings is 1. The molecule has 0 N–H and O–H groups in total. The van der Waals surface area contributed by atoms with E-state index in [0.29, 0.717) is 48.4 Å². The Balaban J connectivity index is 1.17. The van der Waals surface area contributed by atoms with Gasteiger partial charge in [-0.25, -0.2) is 0 Å². The summed E-state index contributed by atoms with van der Waals surface area (Å²) in [7, 11) is 1.62. The molecule has 1 aliphatic heterocycles. The Hall–Kier alpha value is -4.32. The Morgan fingerprint density at radius 3 is 2.48 bits per heavy atom. The van der Waals surface area contributed by atoms with Gasteiger partial charge in [0.05, 0.1) is 12.7 Å². The molecule has 0 saturated carbocycles. The van der Waals surface area contributed by atoms with Gasteiger partial charge < -0.3 is 14.5 Å². The third-order valence-electron chi connectivity index (χ3n) is 7.42. The van der Waals surface area contributed by atoms with Crippen molar-refractivity contribution in [3.05, 3.63) is 90.0 Å². The van der Waals surface area contributed by atoms with Crippen molar-refractivity contribution in [2.24, 2.45) is 0 Å². The number of amides is 2. The number of hydrogen-bond acceptors (Lipinski definition) is 6. The van der Waals surface area contributed by atoms with Gasteiger partial charge in [0, 0.05) is 54.7 Å². The van der Waals surface area contributed by atoms with Gasteiger partial charge in [0.1, 0.15) is 5.75 Å². The minimum absolute atomic E-state index is 0.0126. The smallest absolute Gasteiger partial charge is 0.416 e. The van der Waals surface area contributed by atoms with Gasteiger partial charge in [0.25, 0.3) is 5.91 Å². The van der Waals surface area contributed by atoms with Crippen molar-refractivity contribution < 1.29 is 27.5 Å². The number of benzene rings is 3. The van der Waals surface area contributed by atoms with Gasteiger partial charge >= 0.3 is 6.18 Å². The first-order valence-corrected chi connectivity index (χ1v) is 15.2. The van der Waals surface area contributed by atoms with Crippen LogP contribution in [-0.2, 0) is 11.0 Å². The minimum atomic E-state index is -4.53. The molecule has 2 heterocycles. The lowest BCUT2D eigenvalue weighted by atomic mass is 10.1. The number of alkyl halides is 3. The number of methoxy groups -OCH3 is 1. The number of nitrogens with zero attached hydrogens (tertiary/aromatic N) is 5. The maximum absolute atomic E-state index is 13.1. The summed E-state index contributed by atoms with van der Waals surface area (Å²) in [4.78, 5) is 29.3. The fourth-order valence-electron chi connectivity index (χ4n) is 5.15. The molecule has 2 amide bonds. The molecule has 0 radical (unpaired) electrons. The van der Waals surface area contributed by atoms with Gasteiger partial charge in [-0.05, 0) is 55.8 Å². The quantitative estimate of drug-likeness (QED) is 0.163. The Morgan fingerprint density at radius 1 is 0.977 bits per heavy atom. The van der Waals surface area contributed by atoms with E-state index < -0.39 is 17.6 Å². The first-order chi connectivity index (χ1) is 21.2. The normalized spacial score (nSPS) is 15.3. The molecule has 230 valence electrons. The fourth-order valence-corrected chi connectivity index (χ4v) is 6.04. The lowest BCUT2D eigenvalue weighted by Crippen LogP contribution is -2.55. The molecule has 0 aliphatic carbocycles. The number of para-hydroxylation sites is 1. The van der Waals surface area contributed by atoms with Gasteiger partial charge in [0.15, 0.2) is 11.0 Å². The molecule has 5 rings (SSSR count). The minimum Gasteiger partial charge on any atom is -0.497 e.